The number of ether oxygens (including phenoxy) is 1. The molecule has 0 aromatic heterocycles. The molecular weight excluding hydrogens is 424 g/mol. The summed E-state index contributed by atoms with van der Waals surface area (Å²) in [6.07, 6.45) is 0. The molecule has 0 heterocycles. The van der Waals surface area contributed by atoms with E-state index in [9.17, 15) is 13.2 Å². The SMILES string of the molecule is Cc1cc(C)cc(N(CC(=O)NCCOCc2ccccc2)S(=O)(=O)c2ccccc2)c1. The lowest BCUT2D eigenvalue weighted by Gasteiger charge is -2.25. The summed E-state index contributed by atoms with van der Waals surface area (Å²) in [6.45, 7) is 4.54. The lowest BCUT2D eigenvalue weighted by molar-refractivity contribution is -0.119. The molecule has 3 aromatic rings. The molecule has 0 radical (unpaired) electrons. The number of carbonyl (C=O) groups excluding carboxylic acids is 1. The largest absolute Gasteiger partial charge is 0.375 e. The van der Waals surface area contributed by atoms with Crippen LogP contribution in [0.3, 0.4) is 0 Å². The molecule has 7 heteroatoms. The van der Waals surface area contributed by atoms with Gasteiger partial charge in [-0.05, 0) is 54.8 Å². The van der Waals surface area contributed by atoms with Gasteiger partial charge in [0.25, 0.3) is 10.0 Å². The van der Waals surface area contributed by atoms with Crippen LogP contribution in [-0.2, 0) is 26.2 Å². The second kappa shape index (κ2) is 10.9. The highest BCUT2D eigenvalue weighted by atomic mass is 32.2. The summed E-state index contributed by atoms with van der Waals surface area (Å²) in [5.74, 6) is -0.396. The Morgan fingerprint density at radius 3 is 2.12 bits per heavy atom. The van der Waals surface area contributed by atoms with E-state index in [2.05, 4.69) is 5.32 Å². The van der Waals surface area contributed by atoms with Crippen molar-refractivity contribution in [3.05, 3.63) is 95.6 Å². The van der Waals surface area contributed by atoms with E-state index in [4.69, 9.17) is 4.74 Å². The molecule has 0 unspecified atom stereocenters. The Balaban J connectivity index is 1.68. The number of amides is 1. The number of anilines is 1. The maximum Gasteiger partial charge on any atom is 0.264 e. The molecule has 6 nitrogen and oxygen atoms in total. The summed E-state index contributed by atoms with van der Waals surface area (Å²) in [5.41, 5.74) is 3.35. The Morgan fingerprint density at radius 1 is 0.906 bits per heavy atom. The summed E-state index contributed by atoms with van der Waals surface area (Å²) in [4.78, 5) is 12.8. The zero-order chi connectivity index (χ0) is 23.0. The van der Waals surface area contributed by atoms with Gasteiger partial charge in [-0.2, -0.15) is 0 Å². The third-order valence-electron chi connectivity index (χ3n) is 4.79. The van der Waals surface area contributed by atoms with Crippen LogP contribution in [0.1, 0.15) is 16.7 Å². The molecule has 0 fully saturated rings. The average molecular weight is 453 g/mol. The van der Waals surface area contributed by atoms with Crippen LogP contribution >= 0.6 is 0 Å². The fraction of sp³-hybridized carbons (Fsp3) is 0.240. The van der Waals surface area contributed by atoms with Crippen LogP contribution in [0.5, 0.6) is 0 Å². The van der Waals surface area contributed by atoms with E-state index < -0.39 is 15.9 Å². The predicted octanol–water partition coefficient (Wildman–Crippen LogP) is 3.83. The number of rotatable bonds is 10. The van der Waals surface area contributed by atoms with Crippen LogP contribution in [0.15, 0.2) is 83.8 Å². The van der Waals surface area contributed by atoms with E-state index in [1.807, 2.05) is 50.2 Å². The van der Waals surface area contributed by atoms with Crippen molar-refractivity contribution in [3.8, 4) is 0 Å². The first-order valence-electron chi connectivity index (χ1n) is 10.4. The summed E-state index contributed by atoms with van der Waals surface area (Å²) >= 11 is 0. The van der Waals surface area contributed by atoms with E-state index in [1.165, 1.54) is 12.1 Å². The highest BCUT2D eigenvalue weighted by molar-refractivity contribution is 7.92. The van der Waals surface area contributed by atoms with E-state index >= 15 is 0 Å². The lowest BCUT2D eigenvalue weighted by atomic mass is 10.1. The Morgan fingerprint density at radius 2 is 1.50 bits per heavy atom. The molecule has 0 saturated heterocycles. The quantitative estimate of drug-likeness (QED) is 0.475. The topological polar surface area (TPSA) is 75.7 Å². The van der Waals surface area contributed by atoms with Crippen molar-refractivity contribution < 1.29 is 17.9 Å². The second-order valence-corrected chi connectivity index (χ2v) is 9.42. The first-order valence-corrected chi connectivity index (χ1v) is 11.8. The Labute approximate surface area is 189 Å². The van der Waals surface area contributed by atoms with Crippen LogP contribution in [-0.4, -0.2) is 34.0 Å². The van der Waals surface area contributed by atoms with Crippen LogP contribution in [0.2, 0.25) is 0 Å². The molecule has 0 aliphatic heterocycles. The molecule has 32 heavy (non-hydrogen) atoms. The third-order valence-corrected chi connectivity index (χ3v) is 6.58. The molecule has 0 saturated carbocycles. The molecule has 0 atom stereocenters. The zero-order valence-electron chi connectivity index (χ0n) is 18.3. The van der Waals surface area contributed by atoms with Crippen molar-refractivity contribution in [1.29, 1.82) is 0 Å². The van der Waals surface area contributed by atoms with Crippen LogP contribution in [0.25, 0.3) is 0 Å². The van der Waals surface area contributed by atoms with Crippen LogP contribution < -0.4 is 9.62 Å². The van der Waals surface area contributed by atoms with E-state index in [0.29, 0.717) is 18.9 Å². The molecule has 3 aromatic carbocycles. The van der Waals surface area contributed by atoms with Gasteiger partial charge in [0.1, 0.15) is 6.54 Å². The summed E-state index contributed by atoms with van der Waals surface area (Å²) in [6, 6.07) is 23.4. The number of aryl methyl sites for hydroxylation is 2. The summed E-state index contributed by atoms with van der Waals surface area (Å²) < 4.78 is 33.4. The highest BCUT2D eigenvalue weighted by Gasteiger charge is 2.27. The van der Waals surface area contributed by atoms with Crippen molar-refractivity contribution in [2.45, 2.75) is 25.3 Å². The third kappa shape index (κ3) is 6.42. The molecule has 0 aliphatic carbocycles. The molecule has 1 amide bonds. The molecule has 0 aliphatic rings. The monoisotopic (exact) mass is 452 g/mol. The predicted molar refractivity (Wildman–Crippen MR) is 126 cm³/mol. The minimum Gasteiger partial charge on any atom is -0.375 e. The van der Waals surface area contributed by atoms with Gasteiger partial charge >= 0.3 is 0 Å². The van der Waals surface area contributed by atoms with Gasteiger partial charge in [-0.1, -0.05) is 54.6 Å². The van der Waals surface area contributed by atoms with Gasteiger partial charge in [-0.25, -0.2) is 8.42 Å². The van der Waals surface area contributed by atoms with Crippen molar-refractivity contribution in [3.63, 3.8) is 0 Å². The number of hydrogen-bond donors (Lipinski definition) is 1. The number of sulfonamides is 1. The van der Waals surface area contributed by atoms with Crippen molar-refractivity contribution in [1.82, 2.24) is 5.32 Å². The molecule has 168 valence electrons. The van der Waals surface area contributed by atoms with Crippen molar-refractivity contribution >= 4 is 21.6 Å². The minimum atomic E-state index is -3.91. The van der Waals surface area contributed by atoms with Gasteiger partial charge in [0.05, 0.1) is 23.8 Å². The first-order chi connectivity index (χ1) is 15.4. The number of nitrogens with zero attached hydrogens (tertiary/aromatic N) is 1. The van der Waals surface area contributed by atoms with Crippen molar-refractivity contribution in [2.75, 3.05) is 24.0 Å². The standard InChI is InChI=1S/C25H28N2O4S/c1-20-15-21(2)17-23(16-20)27(32(29,30)24-11-7-4-8-12-24)18-25(28)26-13-14-31-19-22-9-5-3-6-10-22/h3-12,15-17H,13-14,18-19H2,1-2H3,(H,26,28). The Hall–Kier alpha value is -3.16. The highest BCUT2D eigenvalue weighted by Crippen LogP contribution is 2.25. The van der Waals surface area contributed by atoms with Gasteiger partial charge in [0.2, 0.25) is 5.91 Å². The first kappa shape index (κ1) is 23.5. The Kier molecular flexibility index (Phi) is 8.03. The summed E-state index contributed by atoms with van der Waals surface area (Å²) in [7, 11) is -3.91. The molecule has 3 rings (SSSR count). The van der Waals surface area contributed by atoms with Crippen molar-refractivity contribution in [2.24, 2.45) is 0 Å². The summed E-state index contributed by atoms with van der Waals surface area (Å²) in [5, 5.41) is 2.75. The van der Waals surface area contributed by atoms with Gasteiger partial charge in [-0.3, -0.25) is 9.10 Å². The smallest absolute Gasteiger partial charge is 0.264 e. The normalized spacial score (nSPS) is 11.2. The Bertz CT molecular complexity index is 1110. The molecule has 1 N–H and O–H groups in total. The van der Waals surface area contributed by atoms with Crippen LogP contribution in [0, 0.1) is 13.8 Å². The minimum absolute atomic E-state index is 0.137. The van der Waals surface area contributed by atoms with Gasteiger partial charge in [-0.15, -0.1) is 0 Å². The maximum atomic E-state index is 13.3. The zero-order valence-corrected chi connectivity index (χ0v) is 19.1. The van der Waals surface area contributed by atoms with Gasteiger partial charge in [0.15, 0.2) is 0 Å². The van der Waals surface area contributed by atoms with Gasteiger partial charge < -0.3 is 10.1 Å². The number of hydrogen-bond acceptors (Lipinski definition) is 4. The number of carbonyl (C=O) groups is 1. The average Bonchev–Trinajstić information content (AvgIpc) is 2.78. The van der Waals surface area contributed by atoms with E-state index in [1.54, 1.807) is 30.3 Å². The van der Waals surface area contributed by atoms with E-state index in [-0.39, 0.29) is 18.0 Å². The maximum absolute atomic E-state index is 13.3. The fourth-order valence-corrected chi connectivity index (χ4v) is 4.77. The van der Waals surface area contributed by atoms with E-state index in [0.717, 1.165) is 21.0 Å². The lowest BCUT2D eigenvalue weighted by Crippen LogP contribution is -2.41. The molecular formula is C25H28N2O4S. The molecule has 0 bridgehead atoms. The number of benzene rings is 3. The second-order valence-electron chi connectivity index (χ2n) is 7.56. The van der Waals surface area contributed by atoms with Gasteiger partial charge in [0, 0.05) is 6.54 Å². The van der Waals surface area contributed by atoms with Crippen LogP contribution in [0.4, 0.5) is 5.69 Å². The molecule has 0 spiro atoms. The number of nitrogens with one attached hydrogen (secondary N) is 1. The fourth-order valence-electron chi connectivity index (χ4n) is 3.34.